The summed E-state index contributed by atoms with van der Waals surface area (Å²) in [5, 5.41) is 5.63. The third-order valence-electron chi connectivity index (χ3n) is 3.79. The molecule has 0 aliphatic heterocycles. The van der Waals surface area contributed by atoms with Gasteiger partial charge in [-0.1, -0.05) is 37.8 Å². The molecule has 2 aromatic heterocycles. The predicted molar refractivity (Wildman–Crippen MR) is 107 cm³/mol. The molecule has 0 unspecified atom stereocenters. The summed E-state index contributed by atoms with van der Waals surface area (Å²) in [6, 6.07) is 0. The van der Waals surface area contributed by atoms with E-state index in [0.717, 1.165) is 45.1 Å². The highest BCUT2D eigenvalue weighted by Gasteiger charge is 2.12. The lowest BCUT2D eigenvalue weighted by molar-refractivity contribution is -0.108. The fourth-order valence-electron chi connectivity index (χ4n) is 2.43. The van der Waals surface area contributed by atoms with Crippen LogP contribution in [0.5, 0.6) is 0 Å². The van der Waals surface area contributed by atoms with Crippen LogP contribution in [0.15, 0.2) is 48.2 Å². The summed E-state index contributed by atoms with van der Waals surface area (Å²) in [7, 11) is 0. The first-order valence-corrected chi connectivity index (χ1v) is 8.99. The van der Waals surface area contributed by atoms with E-state index in [2.05, 4.69) is 35.3 Å². The van der Waals surface area contributed by atoms with Crippen molar-refractivity contribution in [3.05, 3.63) is 64.4 Å². The number of aryl methyl sites for hydroxylation is 1. The number of nitrogens with zero attached hydrogens (tertiary/aromatic N) is 1. The molecular weight excluding hydrogens is 330 g/mol. The fourth-order valence-corrected chi connectivity index (χ4v) is 3.23. The molecule has 0 atom stereocenters. The summed E-state index contributed by atoms with van der Waals surface area (Å²) >= 11 is 1.62. The molecule has 0 radical (unpaired) electrons. The number of hydrogen-bond donors (Lipinski definition) is 2. The van der Waals surface area contributed by atoms with Crippen molar-refractivity contribution >= 4 is 29.4 Å². The Morgan fingerprint density at radius 1 is 1.48 bits per heavy atom. The third kappa shape index (κ3) is 4.67. The van der Waals surface area contributed by atoms with Crippen LogP contribution in [0.2, 0.25) is 0 Å². The van der Waals surface area contributed by atoms with Gasteiger partial charge in [0.05, 0.1) is 5.69 Å². The van der Waals surface area contributed by atoms with Crippen LogP contribution in [-0.4, -0.2) is 16.4 Å². The molecule has 2 rings (SSSR count). The summed E-state index contributed by atoms with van der Waals surface area (Å²) in [5.41, 5.74) is 6.39. The van der Waals surface area contributed by atoms with Crippen LogP contribution in [0.3, 0.4) is 0 Å². The molecule has 4 nitrogen and oxygen atoms in total. The second-order valence-electron chi connectivity index (χ2n) is 5.56. The van der Waals surface area contributed by atoms with E-state index in [1.54, 1.807) is 23.6 Å². The van der Waals surface area contributed by atoms with Gasteiger partial charge in [-0.2, -0.15) is 0 Å². The maximum absolute atomic E-state index is 10.4. The Labute approximate surface area is 152 Å². The zero-order chi connectivity index (χ0) is 18.2. The molecule has 0 spiro atoms. The van der Waals surface area contributed by atoms with Crippen molar-refractivity contribution in [2.45, 2.75) is 27.2 Å². The Bertz CT molecular complexity index is 837. The topological polar surface area (TPSA) is 57.8 Å². The van der Waals surface area contributed by atoms with Crippen molar-refractivity contribution in [1.82, 2.24) is 15.3 Å². The van der Waals surface area contributed by atoms with Gasteiger partial charge in [-0.15, -0.1) is 11.3 Å². The maximum atomic E-state index is 10.4. The average Bonchev–Trinajstić information content (AvgIpc) is 3.23. The number of aromatic nitrogens is 2. The SMILES string of the molecule is C=C/C=C\c1c(-c2csc(/C(C)=C/C(=C\NC=O)CC)n2)c[nH]c1C. The van der Waals surface area contributed by atoms with Crippen molar-refractivity contribution in [2.75, 3.05) is 0 Å². The first-order valence-electron chi connectivity index (χ1n) is 8.11. The highest BCUT2D eigenvalue weighted by Crippen LogP contribution is 2.31. The van der Waals surface area contributed by atoms with E-state index in [1.165, 1.54) is 0 Å². The Morgan fingerprint density at radius 3 is 2.96 bits per heavy atom. The van der Waals surface area contributed by atoms with Crippen molar-refractivity contribution in [2.24, 2.45) is 0 Å². The Morgan fingerprint density at radius 2 is 2.28 bits per heavy atom. The van der Waals surface area contributed by atoms with Gasteiger partial charge in [0.1, 0.15) is 5.01 Å². The molecule has 2 aromatic rings. The molecular formula is C20H23N3OS. The minimum Gasteiger partial charge on any atom is -0.364 e. The highest BCUT2D eigenvalue weighted by molar-refractivity contribution is 7.11. The lowest BCUT2D eigenvalue weighted by atomic mass is 10.1. The lowest BCUT2D eigenvalue weighted by Crippen LogP contribution is -2.00. The van der Waals surface area contributed by atoms with Gasteiger partial charge in [0.15, 0.2) is 0 Å². The molecule has 1 amide bonds. The molecule has 25 heavy (non-hydrogen) atoms. The molecule has 0 fully saturated rings. The Kier molecular flexibility index (Phi) is 6.71. The monoisotopic (exact) mass is 353 g/mol. The summed E-state index contributed by atoms with van der Waals surface area (Å²) in [4.78, 5) is 18.5. The van der Waals surface area contributed by atoms with Gasteiger partial charge in [-0.05, 0) is 31.4 Å². The summed E-state index contributed by atoms with van der Waals surface area (Å²) in [6.07, 6.45) is 13.0. The zero-order valence-corrected chi connectivity index (χ0v) is 15.6. The number of carbonyl (C=O) groups excluding carboxylic acids is 1. The van der Waals surface area contributed by atoms with Crippen LogP contribution < -0.4 is 5.32 Å². The number of amides is 1. The van der Waals surface area contributed by atoms with Gasteiger partial charge in [0.2, 0.25) is 6.41 Å². The molecule has 0 aliphatic carbocycles. The van der Waals surface area contributed by atoms with Gasteiger partial charge in [-0.25, -0.2) is 4.98 Å². The van der Waals surface area contributed by atoms with Crippen LogP contribution in [-0.2, 0) is 4.79 Å². The van der Waals surface area contributed by atoms with Crippen LogP contribution in [0.1, 0.15) is 36.5 Å². The van der Waals surface area contributed by atoms with Crippen molar-refractivity contribution in [3.63, 3.8) is 0 Å². The van der Waals surface area contributed by atoms with Gasteiger partial charge in [0, 0.05) is 34.6 Å². The van der Waals surface area contributed by atoms with E-state index in [1.807, 2.05) is 32.2 Å². The molecule has 5 heteroatoms. The van der Waals surface area contributed by atoms with E-state index < -0.39 is 0 Å². The normalized spacial score (nSPS) is 12.6. The number of rotatable bonds is 8. The standard InChI is InChI=1S/C20H23N3OS/c1-5-7-8-17-15(4)22-11-18(17)19-12-25-20(23-19)14(3)9-16(6-2)10-21-13-24/h5,7-13,22H,1,6H2,2-4H3,(H,21,24)/b8-7-,14-9+,16-10-. The van der Waals surface area contributed by atoms with E-state index in [9.17, 15) is 4.79 Å². The van der Waals surface area contributed by atoms with E-state index in [4.69, 9.17) is 4.98 Å². The molecule has 0 saturated heterocycles. The van der Waals surface area contributed by atoms with E-state index >= 15 is 0 Å². The molecule has 0 bridgehead atoms. The minimum atomic E-state index is 0.673. The minimum absolute atomic E-state index is 0.673. The third-order valence-corrected chi connectivity index (χ3v) is 4.77. The Balaban J connectivity index is 2.33. The number of carbonyl (C=O) groups is 1. The van der Waals surface area contributed by atoms with Gasteiger partial charge in [0.25, 0.3) is 0 Å². The van der Waals surface area contributed by atoms with Crippen LogP contribution in [0.4, 0.5) is 0 Å². The van der Waals surface area contributed by atoms with E-state index in [0.29, 0.717) is 6.41 Å². The van der Waals surface area contributed by atoms with Crippen LogP contribution >= 0.6 is 11.3 Å². The largest absolute Gasteiger partial charge is 0.364 e. The zero-order valence-electron chi connectivity index (χ0n) is 14.8. The Hall–Kier alpha value is -2.66. The van der Waals surface area contributed by atoms with E-state index in [-0.39, 0.29) is 0 Å². The highest BCUT2D eigenvalue weighted by atomic mass is 32.1. The quantitative estimate of drug-likeness (QED) is 0.513. The molecule has 130 valence electrons. The first kappa shape index (κ1) is 18.7. The number of thiazole rings is 1. The second-order valence-corrected chi connectivity index (χ2v) is 6.42. The maximum Gasteiger partial charge on any atom is 0.211 e. The smallest absolute Gasteiger partial charge is 0.211 e. The molecule has 0 saturated carbocycles. The van der Waals surface area contributed by atoms with Gasteiger partial charge in [-0.3, -0.25) is 4.79 Å². The number of H-pyrrole nitrogens is 1. The summed E-state index contributed by atoms with van der Waals surface area (Å²) < 4.78 is 0. The first-order chi connectivity index (χ1) is 12.1. The molecule has 2 N–H and O–H groups in total. The average molecular weight is 353 g/mol. The number of nitrogens with one attached hydrogen (secondary N) is 2. The lowest BCUT2D eigenvalue weighted by Gasteiger charge is -2.00. The second kappa shape index (κ2) is 8.99. The number of aromatic amines is 1. The predicted octanol–water partition coefficient (Wildman–Crippen LogP) is 5.09. The summed E-state index contributed by atoms with van der Waals surface area (Å²) in [6.45, 7) is 9.86. The summed E-state index contributed by atoms with van der Waals surface area (Å²) in [5.74, 6) is 0. The van der Waals surface area contributed by atoms with Gasteiger partial charge >= 0.3 is 0 Å². The van der Waals surface area contributed by atoms with Crippen molar-refractivity contribution < 1.29 is 4.79 Å². The van der Waals surface area contributed by atoms with Crippen LogP contribution in [0.25, 0.3) is 22.9 Å². The van der Waals surface area contributed by atoms with Crippen molar-refractivity contribution in [3.8, 4) is 11.3 Å². The molecule has 0 aromatic carbocycles. The van der Waals surface area contributed by atoms with Gasteiger partial charge < -0.3 is 10.3 Å². The molecule has 2 heterocycles. The fraction of sp³-hybridized carbons (Fsp3) is 0.200. The van der Waals surface area contributed by atoms with Crippen molar-refractivity contribution in [1.29, 1.82) is 0 Å². The van der Waals surface area contributed by atoms with Crippen LogP contribution in [0, 0.1) is 6.92 Å². The number of hydrogen-bond acceptors (Lipinski definition) is 3. The number of allylic oxidation sites excluding steroid dienone is 5. The molecule has 0 aliphatic rings.